The molecule has 0 spiro atoms. The Morgan fingerprint density at radius 2 is 1.60 bits per heavy atom. The maximum absolute atomic E-state index is 12.1. The second-order valence-electron chi connectivity index (χ2n) is 5.89. The lowest BCUT2D eigenvalue weighted by Crippen LogP contribution is -2.14. The van der Waals surface area contributed by atoms with Crippen LogP contribution in [-0.2, 0) is 11.2 Å². The van der Waals surface area contributed by atoms with Gasteiger partial charge < -0.3 is 10.3 Å². The number of benzene rings is 3. The highest BCUT2D eigenvalue weighted by Gasteiger charge is 2.07. The Kier molecular flexibility index (Phi) is 4.01. The topological polar surface area (TPSA) is 57.8 Å². The van der Waals surface area contributed by atoms with Gasteiger partial charge in [0.15, 0.2) is 0 Å². The molecular weight excluding hydrogens is 310 g/mol. The van der Waals surface area contributed by atoms with Crippen molar-refractivity contribution >= 4 is 22.6 Å². The third-order valence-electron chi connectivity index (χ3n) is 4.04. The molecule has 0 aliphatic carbocycles. The van der Waals surface area contributed by atoms with Crippen LogP contribution in [-0.4, -0.2) is 15.9 Å². The Balaban J connectivity index is 1.47. The number of anilines is 1. The van der Waals surface area contributed by atoms with Crippen LogP contribution >= 0.6 is 0 Å². The summed E-state index contributed by atoms with van der Waals surface area (Å²) in [6.45, 7) is 0. The molecule has 0 bridgehead atoms. The molecule has 0 unspecified atom stereocenters. The van der Waals surface area contributed by atoms with Crippen molar-refractivity contribution in [2.24, 2.45) is 0 Å². The molecule has 0 radical (unpaired) electrons. The minimum absolute atomic E-state index is 0.0253. The summed E-state index contributed by atoms with van der Waals surface area (Å²) < 4.78 is 0. The normalized spacial score (nSPS) is 10.7. The lowest BCUT2D eigenvalue weighted by molar-refractivity contribution is -0.115. The number of carbonyl (C=O) groups is 1. The van der Waals surface area contributed by atoms with E-state index in [-0.39, 0.29) is 5.91 Å². The van der Waals surface area contributed by atoms with Gasteiger partial charge in [-0.05, 0) is 42.0 Å². The van der Waals surface area contributed by atoms with Crippen LogP contribution in [0.25, 0.3) is 22.4 Å². The van der Waals surface area contributed by atoms with E-state index in [9.17, 15) is 4.79 Å². The van der Waals surface area contributed by atoms with E-state index in [0.29, 0.717) is 6.42 Å². The molecule has 4 heteroatoms. The highest BCUT2D eigenvalue weighted by atomic mass is 16.1. The second-order valence-corrected chi connectivity index (χ2v) is 5.89. The third-order valence-corrected chi connectivity index (χ3v) is 4.04. The van der Waals surface area contributed by atoms with Gasteiger partial charge in [0.25, 0.3) is 0 Å². The van der Waals surface area contributed by atoms with E-state index in [1.54, 1.807) is 0 Å². The number of rotatable bonds is 4. The van der Waals surface area contributed by atoms with Gasteiger partial charge in [-0.2, -0.15) is 0 Å². The summed E-state index contributed by atoms with van der Waals surface area (Å²) in [5.41, 5.74) is 4.72. The van der Waals surface area contributed by atoms with E-state index in [1.807, 2.05) is 78.9 Å². The summed E-state index contributed by atoms with van der Waals surface area (Å²) in [6, 6.07) is 25.3. The van der Waals surface area contributed by atoms with Crippen LogP contribution in [0, 0.1) is 0 Å². The molecule has 0 fully saturated rings. The average Bonchev–Trinajstić information content (AvgIpc) is 3.07. The number of carbonyl (C=O) groups excluding carboxylic acids is 1. The quantitative estimate of drug-likeness (QED) is 0.583. The first-order valence-corrected chi connectivity index (χ1v) is 8.17. The number of aromatic amines is 1. The minimum Gasteiger partial charge on any atom is -0.338 e. The Hall–Kier alpha value is -3.40. The second kappa shape index (κ2) is 6.61. The van der Waals surface area contributed by atoms with Gasteiger partial charge >= 0.3 is 0 Å². The van der Waals surface area contributed by atoms with E-state index < -0.39 is 0 Å². The highest BCUT2D eigenvalue weighted by Crippen LogP contribution is 2.22. The van der Waals surface area contributed by atoms with Crippen LogP contribution in [0.1, 0.15) is 5.56 Å². The molecule has 4 aromatic rings. The van der Waals surface area contributed by atoms with Crippen molar-refractivity contribution < 1.29 is 4.79 Å². The first-order chi connectivity index (χ1) is 12.3. The molecule has 1 heterocycles. The zero-order chi connectivity index (χ0) is 17.1. The molecule has 3 aromatic carbocycles. The molecular formula is C21H17N3O. The molecule has 1 amide bonds. The Morgan fingerprint density at radius 3 is 2.36 bits per heavy atom. The van der Waals surface area contributed by atoms with Crippen LogP contribution < -0.4 is 5.32 Å². The summed E-state index contributed by atoms with van der Waals surface area (Å²) in [5.74, 6) is 0.797. The van der Waals surface area contributed by atoms with E-state index in [0.717, 1.165) is 33.7 Å². The van der Waals surface area contributed by atoms with Crippen molar-refractivity contribution in [3.63, 3.8) is 0 Å². The van der Waals surface area contributed by atoms with Gasteiger partial charge in [0, 0.05) is 11.3 Å². The van der Waals surface area contributed by atoms with Crippen LogP contribution in [0.4, 0.5) is 5.69 Å². The minimum atomic E-state index is -0.0253. The summed E-state index contributed by atoms with van der Waals surface area (Å²) >= 11 is 0. The fourth-order valence-corrected chi connectivity index (χ4v) is 2.79. The Labute approximate surface area is 145 Å². The van der Waals surface area contributed by atoms with Gasteiger partial charge in [-0.25, -0.2) is 4.98 Å². The number of hydrogen-bond donors (Lipinski definition) is 2. The zero-order valence-corrected chi connectivity index (χ0v) is 13.6. The van der Waals surface area contributed by atoms with Gasteiger partial charge in [-0.3, -0.25) is 4.79 Å². The van der Waals surface area contributed by atoms with E-state index in [4.69, 9.17) is 0 Å². The lowest BCUT2D eigenvalue weighted by Gasteiger charge is -2.06. The zero-order valence-electron chi connectivity index (χ0n) is 13.6. The summed E-state index contributed by atoms with van der Waals surface area (Å²) in [7, 11) is 0. The van der Waals surface area contributed by atoms with Gasteiger partial charge in [0.1, 0.15) is 5.82 Å². The van der Waals surface area contributed by atoms with Crippen molar-refractivity contribution in [3.8, 4) is 11.4 Å². The largest absolute Gasteiger partial charge is 0.338 e. The molecule has 2 N–H and O–H groups in total. The molecule has 0 saturated carbocycles. The van der Waals surface area contributed by atoms with Crippen LogP contribution in [0.3, 0.4) is 0 Å². The number of hydrogen-bond acceptors (Lipinski definition) is 2. The van der Waals surface area contributed by atoms with Gasteiger partial charge in [0.05, 0.1) is 17.5 Å². The number of amides is 1. The van der Waals surface area contributed by atoms with Crippen molar-refractivity contribution in [2.75, 3.05) is 5.32 Å². The predicted octanol–water partition coefficient (Wildman–Crippen LogP) is 4.41. The molecule has 0 aliphatic heterocycles. The third kappa shape index (κ3) is 3.43. The smallest absolute Gasteiger partial charge is 0.228 e. The fourth-order valence-electron chi connectivity index (χ4n) is 2.79. The molecule has 4 nitrogen and oxygen atoms in total. The number of nitrogens with zero attached hydrogens (tertiary/aromatic N) is 1. The van der Waals surface area contributed by atoms with E-state index in [1.165, 1.54) is 0 Å². The summed E-state index contributed by atoms with van der Waals surface area (Å²) in [5, 5.41) is 2.93. The summed E-state index contributed by atoms with van der Waals surface area (Å²) in [6.07, 6.45) is 0.367. The molecule has 122 valence electrons. The van der Waals surface area contributed by atoms with Crippen LogP contribution in [0.15, 0.2) is 78.9 Å². The number of fused-ring (bicyclic) bond motifs is 1. The molecule has 0 aliphatic rings. The van der Waals surface area contributed by atoms with Crippen molar-refractivity contribution in [1.82, 2.24) is 9.97 Å². The van der Waals surface area contributed by atoms with Gasteiger partial charge in [-0.15, -0.1) is 0 Å². The maximum Gasteiger partial charge on any atom is 0.228 e. The van der Waals surface area contributed by atoms with Crippen molar-refractivity contribution in [2.45, 2.75) is 6.42 Å². The number of aromatic nitrogens is 2. The number of H-pyrrole nitrogens is 1. The predicted molar refractivity (Wildman–Crippen MR) is 100 cm³/mol. The highest BCUT2D eigenvalue weighted by molar-refractivity contribution is 5.92. The van der Waals surface area contributed by atoms with Crippen molar-refractivity contribution in [3.05, 3.63) is 84.4 Å². The molecule has 0 saturated heterocycles. The van der Waals surface area contributed by atoms with Crippen molar-refractivity contribution in [1.29, 1.82) is 0 Å². The standard InChI is InChI=1S/C21H17N3O/c25-20(14-15-6-2-1-3-7-15)22-17-12-10-16(11-13-17)21-23-18-8-4-5-9-19(18)24-21/h1-13H,14H2,(H,22,25)(H,23,24). The first-order valence-electron chi connectivity index (χ1n) is 8.17. The molecule has 25 heavy (non-hydrogen) atoms. The molecule has 4 rings (SSSR count). The summed E-state index contributed by atoms with van der Waals surface area (Å²) in [4.78, 5) is 20.0. The number of para-hydroxylation sites is 2. The van der Waals surface area contributed by atoms with E-state index >= 15 is 0 Å². The lowest BCUT2D eigenvalue weighted by atomic mass is 10.1. The molecule has 1 aromatic heterocycles. The maximum atomic E-state index is 12.1. The average molecular weight is 327 g/mol. The fraction of sp³-hybridized carbons (Fsp3) is 0.0476. The molecule has 0 atom stereocenters. The number of imidazole rings is 1. The van der Waals surface area contributed by atoms with Gasteiger partial charge in [-0.1, -0.05) is 42.5 Å². The Bertz CT molecular complexity index is 971. The number of nitrogens with one attached hydrogen (secondary N) is 2. The Morgan fingerprint density at radius 1 is 0.880 bits per heavy atom. The van der Waals surface area contributed by atoms with Crippen LogP contribution in [0.5, 0.6) is 0 Å². The van der Waals surface area contributed by atoms with E-state index in [2.05, 4.69) is 15.3 Å². The SMILES string of the molecule is O=C(Cc1ccccc1)Nc1ccc(-c2nc3ccccc3[nH]2)cc1. The monoisotopic (exact) mass is 327 g/mol. The first kappa shape index (κ1) is 15.1. The van der Waals surface area contributed by atoms with Crippen LogP contribution in [0.2, 0.25) is 0 Å². The van der Waals surface area contributed by atoms with Gasteiger partial charge in [0.2, 0.25) is 5.91 Å².